The van der Waals surface area contributed by atoms with Gasteiger partial charge in [0.1, 0.15) is 5.82 Å². The Bertz CT molecular complexity index is 1080. The molecule has 6 nitrogen and oxygen atoms in total. The monoisotopic (exact) mass is 425 g/mol. The molecule has 4 rings (SSSR count). The molecule has 0 radical (unpaired) electrons. The SMILES string of the molecule is Cn1c(CC2CN(C(=O)c3ccc(Cl)cc3)CCC2CC(=O)O)nc2ccccc21. The Morgan fingerprint density at radius 3 is 2.57 bits per heavy atom. The van der Waals surface area contributed by atoms with Crippen molar-refractivity contribution in [2.45, 2.75) is 19.3 Å². The van der Waals surface area contributed by atoms with Crippen LogP contribution in [0.4, 0.5) is 0 Å². The quantitative estimate of drug-likeness (QED) is 0.669. The first-order chi connectivity index (χ1) is 14.4. The van der Waals surface area contributed by atoms with Crippen molar-refractivity contribution < 1.29 is 14.7 Å². The summed E-state index contributed by atoms with van der Waals surface area (Å²) in [5.41, 5.74) is 2.57. The molecule has 30 heavy (non-hydrogen) atoms. The average molecular weight is 426 g/mol. The molecule has 2 unspecified atom stereocenters. The van der Waals surface area contributed by atoms with Crippen LogP contribution >= 0.6 is 11.6 Å². The van der Waals surface area contributed by atoms with Gasteiger partial charge in [0.05, 0.1) is 11.0 Å². The molecule has 0 saturated carbocycles. The van der Waals surface area contributed by atoms with E-state index in [1.807, 2.05) is 36.2 Å². The summed E-state index contributed by atoms with van der Waals surface area (Å²) < 4.78 is 2.06. The zero-order valence-electron chi connectivity index (χ0n) is 16.8. The van der Waals surface area contributed by atoms with E-state index in [0.29, 0.717) is 36.5 Å². The van der Waals surface area contributed by atoms with Crippen LogP contribution < -0.4 is 0 Å². The lowest BCUT2D eigenvalue weighted by Crippen LogP contribution is -2.45. The number of aromatic nitrogens is 2. The Labute approximate surface area is 180 Å². The van der Waals surface area contributed by atoms with Crippen LogP contribution in [0.15, 0.2) is 48.5 Å². The number of para-hydroxylation sites is 2. The molecule has 2 aromatic carbocycles. The van der Waals surface area contributed by atoms with Crippen LogP contribution in [0.2, 0.25) is 5.02 Å². The first-order valence-corrected chi connectivity index (χ1v) is 10.5. The third-order valence-corrected chi connectivity index (χ3v) is 6.28. The van der Waals surface area contributed by atoms with Crippen LogP contribution in [-0.2, 0) is 18.3 Å². The summed E-state index contributed by atoms with van der Waals surface area (Å²) in [4.78, 5) is 31.0. The van der Waals surface area contributed by atoms with Crippen LogP contribution in [0.25, 0.3) is 11.0 Å². The van der Waals surface area contributed by atoms with Gasteiger partial charge in [0.15, 0.2) is 0 Å². The van der Waals surface area contributed by atoms with E-state index in [1.165, 1.54) is 0 Å². The molecule has 1 amide bonds. The number of halogens is 1. The minimum absolute atomic E-state index is 0.0107. The third-order valence-electron chi connectivity index (χ3n) is 6.03. The molecular weight excluding hydrogens is 402 g/mol. The van der Waals surface area contributed by atoms with Crippen LogP contribution in [0, 0.1) is 11.8 Å². The topological polar surface area (TPSA) is 75.4 Å². The summed E-state index contributed by atoms with van der Waals surface area (Å²) in [5.74, 6) is 0.110. The van der Waals surface area contributed by atoms with Gasteiger partial charge in [-0.3, -0.25) is 9.59 Å². The molecule has 156 valence electrons. The van der Waals surface area contributed by atoms with Crippen LogP contribution in [0.1, 0.15) is 29.0 Å². The largest absolute Gasteiger partial charge is 0.481 e. The molecule has 3 aromatic rings. The fraction of sp³-hybridized carbons (Fsp3) is 0.348. The average Bonchev–Trinajstić information content (AvgIpc) is 3.05. The number of carbonyl (C=O) groups excluding carboxylic acids is 1. The van der Waals surface area contributed by atoms with Crippen molar-refractivity contribution in [2.24, 2.45) is 18.9 Å². The number of aryl methyl sites for hydroxylation is 1. The number of likely N-dealkylation sites (tertiary alicyclic amines) is 1. The summed E-state index contributed by atoms with van der Waals surface area (Å²) in [5, 5.41) is 9.97. The molecule has 1 aliphatic rings. The van der Waals surface area contributed by atoms with Gasteiger partial charge in [0.2, 0.25) is 0 Å². The fourth-order valence-electron chi connectivity index (χ4n) is 4.38. The lowest BCUT2D eigenvalue weighted by Gasteiger charge is -2.38. The zero-order valence-corrected chi connectivity index (χ0v) is 17.5. The van der Waals surface area contributed by atoms with Crippen molar-refractivity contribution >= 4 is 34.5 Å². The highest BCUT2D eigenvalue weighted by molar-refractivity contribution is 6.30. The summed E-state index contributed by atoms with van der Waals surface area (Å²) in [6.07, 6.45) is 1.41. The molecule has 2 atom stereocenters. The van der Waals surface area contributed by atoms with Crippen molar-refractivity contribution in [3.05, 3.63) is 64.9 Å². The Kier molecular flexibility index (Phi) is 5.77. The molecule has 1 N–H and O–H groups in total. The van der Waals surface area contributed by atoms with Gasteiger partial charge in [-0.25, -0.2) is 4.98 Å². The van der Waals surface area contributed by atoms with E-state index in [0.717, 1.165) is 16.9 Å². The number of hydrogen-bond acceptors (Lipinski definition) is 3. The van der Waals surface area contributed by atoms with Crippen LogP contribution in [0.5, 0.6) is 0 Å². The molecule has 0 aliphatic carbocycles. The molecule has 2 heterocycles. The second kappa shape index (κ2) is 8.48. The molecule has 0 bridgehead atoms. The number of imidazole rings is 1. The number of carboxylic acids is 1. The van der Waals surface area contributed by atoms with Gasteiger partial charge in [0, 0.05) is 43.6 Å². The van der Waals surface area contributed by atoms with Gasteiger partial charge < -0.3 is 14.6 Å². The smallest absolute Gasteiger partial charge is 0.303 e. The number of benzene rings is 2. The molecule has 7 heteroatoms. The number of carbonyl (C=O) groups is 2. The number of aliphatic carboxylic acids is 1. The van der Waals surface area contributed by atoms with Gasteiger partial charge in [-0.15, -0.1) is 0 Å². The molecule has 1 fully saturated rings. The molecular formula is C23H24ClN3O3. The highest BCUT2D eigenvalue weighted by Gasteiger charge is 2.34. The number of rotatable bonds is 5. The number of nitrogens with zero attached hydrogens (tertiary/aromatic N) is 3. The van der Waals surface area contributed by atoms with Crippen molar-refractivity contribution in [1.29, 1.82) is 0 Å². The third kappa shape index (κ3) is 4.19. The van der Waals surface area contributed by atoms with Gasteiger partial charge in [0.25, 0.3) is 5.91 Å². The first-order valence-electron chi connectivity index (χ1n) is 10.1. The number of piperidine rings is 1. The van der Waals surface area contributed by atoms with Crippen molar-refractivity contribution in [1.82, 2.24) is 14.5 Å². The number of amides is 1. The summed E-state index contributed by atoms with van der Waals surface area (Å²) in [7, 11) is 1.98. The summed E-state index contributed by atoms with van der Waals surface area (Å²) in [6, 6.07) is 14.8. The number of carboxylic acid groups (broad SMARTS) is 1. The first kappa shape index (κ1) is 20.4. The number of fused-ring (bicyclic) bond motifs is 1. The van der Waals surface area contributed by atoms with E-state index in [9.17, 15) is 14.7 Å². The van der Waals surface area contributed by atoms with Gasteiger partial charge >= 0.3 is 5.97 Å². The molecule has 0 spiro atoms. The van der Waals surface area contributed by atoms with Crippen molar-refractivity contribution in [3.8, 4) is 0 Å². The molecule has 1 aliphatic heterocycles. The standard InChI is InChI=1S/C23H24ClN3O3/c1-26-20-5-3-2-4-19(20)25-21(26)12-17-14-27(11-10-16(17)13-22(28)29)23(30)15-6-8-18(24)9-7-15/h2-9,16-17H,10-14H2,1H3,(H,28,29). The minimum atomic E-state index is -0.799. The fourth-order valence-corrected chi connectivity index (χ4v) is 4.50. The molecule has 1 saturated heterocycles. The number of hydrogen-bond donors (Lipinski definition) is 1. The minimum Gasteiger partial charge on any atom is -0.481 e. The van der Waals surface area contributed by atoms with Gasteiger partial charge in [-0.05, 0) is 54.7 Å². The van der Waals surface area contributed by atoms with E-state index in [4.69, 9.17) is 16.6 Å². The van der Waals surface area contributed by atoms with Crippen molar-refractivity contribution in [2.75, 3.05) is 13.1 Å². The predicted octanol–water partition coefficient (Wildman–Crippen LogP) is 4.02. The Balaban J connectivity index is 1.57. The maximum Gasteiger partial charge on any atom is 0.303 e. The second-order valence-corrected chi connectivity index (χ2v) is 8.38. The van der Waals surface area contributed by atoms with Gasteiger partial charge in [-0.2, -0.15) is 0 Å². The summed E-state index contributed by atoms with van der Waals surface area (Å²) >= 11 is 5.94. The maximum absolute atomic E-state index is 13.0. The van der Waals surface area contributed by atoms with E-state index in [1.54, 1.807) is 24.3 Å². The van der Waals surface area contributed by atoms with Gasteiger partial charge in [-0.1, -0.05) is 23.7 Å². The zero-order chi connectivity index (χ0) is 21.3. The van der Waals surface area contributed by atoms with E-state index in [2.05, 4.69) is 4.57 Å². The lowest BCUT2D eigenvalue weighted by molar-refractivity contribution is -0.139. The van der Waals surface area contributed by atoms with Crippen LogP contribution in [-0.4, -0.2) is 44.5 Å². The van der Waals surface area contributed by atoms with E-state index >= 15 is 0 Å². The highest BCUT2D eigenvalue weighted by atomic mass is 35.5. The predicted molar refractivity (Wildman–Crippen MR) is 116 cm³/mol. The Hall–Kier alpha value is -2.86. The highest BCUT2D eigenvalue weighted by Crippen LogP contribution is 2.31. The Morgan fingerprint density at radius 2 is 1.87 bits per heavy atom. The Morgan fingerprint density at radius 1 is 1.13 bits per heavy atom. The second-order valence-electron chi connectivity index (χ2n) is 7.94. The normalized spacial score (nSPS) is 19.2. The lowest BCUT2D eigenvalue weighted by atomic mass is 9.80. The van der Waals surface area contributed by atoms with Crippen LogP contribution in [0.3, 0.4) is 0 Å². The van der Waals surface area contributed by atoms with Crippen molar-refractivity contribution in [3.63, 3.8) is 0 Å². The summed E-state index contributed by atoms with van der Waals surface area (Å²) in [6.45, 7) is 1.07. The van der Waals surface area contributed by atoms with E-state index in [-0.39, 0.29) is 24.2 Å². The van der Waals surface area contributed by atoms with E-state index < -0.39 is 5.97 Å². The molecule has 1 aromatic heterocycles. The maximum atomic E-state index is 13.0.